The van der Waals surface area contributed by atoms with Crippen molar-refractivity contribution in [1.82, 2.24) is 4.90 Å². The van der Waals surface area contributed by atoms with E-state index in [0.29, 0.717) is 6.61 Å². The van der Waals surface area contributed by atoms with Gasteiger partial charge in [-0.1, -0.05) is 0 Å². The quantitative estimate of drug-likeness (QED) is 0.565. The van der Waals surface area contributed by atoms with Crippen molar-refractivity contribution in [3.8, 4) is 0 Å². The van der Waals surface area contributed by atoms with E-state index < -0.39 is 0 Å². The summed E-state index contributed by atoms with van der Waals surface area (Å²) in [7, 11) is 0. The summed E-state index contributed by atoms with van der Waals surface area (Å²) >= 11 is 0. The Hall–Kier alpha value is -0.500. The molecule has 1 aliphatic rings. The molecule has 0 aromatic rings. The van der Waals surface area contributed by atoms with Gasteiger partial charge in [0.25, 0.3) is 0 Å². The highest BCUT2D eigenvalue weighted by atomic mass is 16.3. The van der Waals surface area contributed by atoms with E-state index in [9.17, 15) is 0 Å². The molecular weight excluding hydrogens is 102 g/mol. The number of aliphatic hydroxyl groups excluding tert-OH is 1. The van der Waals surface area contributed by atoms with Crippen molar-refractivity contribution in [2.45, 2.75) is 6.42 Å². The third kappa shape index (κ3) is 1.23. The van der Waals surface area contributed by atoms with Crippen LogP contribution >= 0.6 is 0 Å². The second-order valence-electron chi connectivity index (χ2n) is 1.96. The fraction of sp³-hybridized carbons (Fsp3) is 0.667. The molecule has 0 aromatic carbocycles. The van der Waals surface area contributed by atoms with Gasteiger partial charge in [-0.25, -0.2) is 0 Å². The smallest absolute Gasteiger partial charge is 0.0447 e. The van der Waals surface area contributed by atoms with Gasteiger partial charge in [0.05, 0.1) is 0 Å². The summed E-state index contributed by atoms with van der Waals surface area (Å²) in [5.74, 6) is 0. The summed E-state index contributed by atoms with van der Waals surface area (Å²) in [6.07, 6.45) is 5.05. The van der Waals surface area contributed by atoms with Gasteiger partial charge >= 0.3 is 0 Å². The van der Waals surface area contributed by atoms with Gasteiger partial charge in [-0.15, -0.1) is 0 Å². The van der Waals surface area contributed by atoms with Crippen molar-refractivity contribution >= 4 is 0 Å². The molecule has 0 aliphatic carbocycles. The van der Waals surface area contributed by atoms with Crippen molar-refractivity contribution in [3.05, 3.63) is 12.3 Å². The van der Waals surface area contributed by atoms with Crippen LogP contribution in [0.1, 0.15) is 6.42 Å². The van der Waals surface area contributed by atoms with Crippen LogP contribution in [0.4, 0.5) is 0 Å². The largest absolute Gasteiger partial charge is 0.396 e. The second-order valence-corrected chi connectivity index (χ2v) is 1.96. The van der Waals surface area contributed by atoms with E-state index in [1.807, 2.05) is 0 Å². The number of nitrogens with zero attached hydrogens (tertiary/aromatic N) is 1. The number of hydrogen-bond donors (Lipinski definition) is 1. The number of aliphatic hydroxyl groups is 1. The van der Waals surface area contributed by atoms with Crippen molar-refractivity contribution < 1.29 is 5.11 Å². The Balaban J connectivity index is 1.95. The summed E-state index contributed by atoms with van der Waals surface area (Å²) in [6, 6.07) is 0. The Bertz CT molecular complexity index is 90.5. The molecule has 0 amide bonds. The maximum absolute atomic E-state index is 8.38. The molecule has 0 fully saturated rings. The first-order chi connectivity index (χ1) is 3.93. The van der Waals surface area contributed by atoms with Crippen molar-refractivity contribution in [2.75, 3.05) is 19.7 Å². The van der Waals surface area contributed by atoms with Crippen LogP contribution in [-0.4, -0.2) is 29.7 Å². The van der Waals surface area contributed by atoms with Crippen LogP contribution < -0.4 is 0 Å². The second kappa shape index (κ2) is 2.72. The highest BCUT2D eigenvalue weighted by Crippen LogP contribution is 2.00. The third-order valence-corrected chi connectivity index (χ3v) is 1.26. The Morgan fingerprint density at radius 1 is 1.62 bits per heavy atom. The fourth-order valence-electron chi connectivity index (χ4n) is 0.694. The molecule has 0 radical (unpaired) electrons. The van der Waals surface area contributed by atoms with Gasteiger partial charge < -0.3 is 10.0 Å². The van der Waals surface area contributed by atoms with Crippen molar-refractivity contribution in [3.63, 3.8) is 0 Å². The van der Waals surface area contributed by atoms with Gasteiger partial charge in [0.1, 0.15) is 0 Å². The van der Waals surface area contributed by atoms with Crippen molar-refractivity contribution in [1.29, 1.82) is 0 Å². The maximum Gasteiger partial charge on any atom is 0.0447 e. The molecule has 0 unspecified atom stereocenters. The van der Waals surface area contributed by atoms with E-state index in [0.717, 1.165) is 19.5 Å². The molecule has 0 atom stereocenters. The fourth-order valence-corrected chi connectivity index (χ4v) is 0.694. The molecule has 0 spiro atoms. The third-order valence-electron chi connectivity index (χ3n) is 1.26. The molecule has 0 saturated heterocycles. The molecule has 1 rings (SSSR count). The topological polar surface area (TPSA) is 23.5 Å². The van der Waals surface area contributed by atoms with E-state index in [1.165, 1.54) is 0 Å². The standard InChI is InChI=1S/C6H11NO/c8-6-2-5-7-3-1-4-7/h1,3,8H,2,4-6H2. The molecule has 46 valence electrons. The summed E-state index contributed by atoms with van der Waals surface area (Å²) < 4.78 is 0. The number of hydrogen-bond acceptors (Lipinski definition) is 2. The van der Waals surface area contributed by atoms with Gasteiger partial charge in [0.2, 0.25) is 0 Å². The zero-order valence-electron chi connectivity index (χ0n) is 4.88. The van der Waals surface area contributed by atoms with E-state index >= 15 is 0 Å². The minimum Gasteiger partial charge on any atom is -0.396 e. The van der Waals surface area contributed by atoms with Gasteiger partial charge in [-0.3, -0.25) is 0 Å². The minimum atomic E-state index is 0.310. The van der Waals surface area contributed by atoms with Crippen LogP contribution in [0.25, 0.3) is 0 Å². The lowest BCUT2D eigenvalue weighted by Gasteiger charge is -2.24. The van der Waals surface area contributed by atoms with Crippen LogP contribution in [0, 0.1) is 0 Å². The predicted molar refractivity (Wildman–Crippen MR) is 32.4 cm³/mol. The van der Waals surface area contributed by atoms with Gasteiger partial charge in [0.15, 0.2) is 0 Å². The lowest BCUT2D eigenvalue weighted by Crippen LogP contribution is -2.25. The molecule has 2 heteroatoms. The van der Waals surface area contributed by atoms with Crippen LogP contribution in [0.5, 0.6) is 0 Å². The SMILES string of the molecule is OCCCN1C=CC1. The zero-order valence-corrected chi connectivity index (χ0v) is 4.88. The van der Waals surface area contributed by atoms with Crippen LogP contribution in [0.2, 0.25) is 0 Å². The minimum absolute atomic E-state index is 0.310. The molecule has 0 aromatic heterocycles. The van der Waals surface area contributed by atoms with E-state index in [4.69, 9.17) is 5.11 Å². The predicted octanol–water partition coefficient (Wildman–Crippen LogP) is 0.198. The van der Waals surface area contributed by atoms with E-state index in [1.54, 1.807) is 0 Å². The van der Waals surface area contributed by atoms with Gasteiger partial charge in [-0.05, 0) is 18.7 Å². The van der Waals surface area contributed by atoms with Crippen LogP contribution in [0.15, 0.2) is 12.3 Å². The normalized spacial score (nSPS) is 16.4. The lowest BCUT2D eigenvalue weighted by molar-refractivity contribution is 0.257. The molecule has 1 aliphatic heterocycles. The molecule has 0 bridgehead atoms. The highest BCUT2D eigenvalue weighted by molar-refractivity contribution is 4.96. The molecule has 0 saturated carbocycles. The first kappa shape index (κ1) is 5.63. The molecule has 2 nitrogen and oxygen atoms in total. The lowest BCUT2D eigenvalue weighted by atomic mass is 10.3. The maximum atomic E-state index is 8.38. The summed E-state index contributed by atoms with van der Waals surface area (Å²) in [4.78, 5) is 2.18. The molecule has 1 heterocycles. The average molecular weight is 113 g/mol. The summed E-state index contributed by atoms with van der Waals surface area (Å²) in [5.41, 5.74) is 0. The molecule has 1 N–H and O–H groups in total. The van der Waals surface area contributed by atoms with E-state index in [-0.39, 0.29) is 0 Å². The van der Waals surface area contributed by atoms with Gasteiger partial charge in [0, 0.05) is 19.7 Å². The van der Waals surface area contributed by atoms with Crippen LogP contribution in [-0.2, 0) is 0 Å². The Morgan fingerprint density at radius 3 is 2.75 bits per heavy atom. The van der Waals surface area contributed by atoms with Crippen LogP contribution in [0.3, 0.4) is 0 Å². The molecule has 8 heavy (non-hydrogen) atoms. The average Bonchev–Trinajstić information content (AvgIpc) is 1.63. The monoisotopic (exact) mass is 113 g/mol. The summed E-state index contributed by atoms with van der Waals surface area (Å²) in [6.45, 7) is 2.39. The first-order valence-electron chi connectivity index (χ1n) is 2.95. The van der Waals surface area contributed by atoms with Crippen molar-refractivity contribution in [2.24, 2.45) is 0 Å². The zero-order chi connectivity index (χ0) is 5.82. The Labute approximate surface area is 49.4 Å². The van der Waals surface area contributed by atoms with Gasteiger partial charge in [-0.2, -0.15) is 0 Å². The number of rotatable bonds is 3. The highest BCUT2D eigenvalue weighted by Gasteiger charge is 2.01. The Morgan fingerprint density at radius 2 is 2.38 bits per heavy atom. The first-order valence-corrected chi connectivity index (χ1v) is 2.95. The Kier molecular flexibility index (Phi) is 1.92. The summed E-state index contributed by atoms with van der Waals surface area (Å²) in [5, 5.41) is 8.38. The molecular formula is C6H11NO. The van der Waals surface area contributed by atoms with E-state index in [2.05, 4.69) is 17.2 Å².